The van der Waals surface area contributed by atoms with Gasteiger partial charge in [0.25, 0.3) is 0 Å². The first-order valence-electron chi connectivity index (χ1n) is 3.53. The number of hydrogen-bond acceptors (Lipinski definition) is 3. The van der Waals surface area contributed by atoms with Crippen molar-refractivity contribution < 1.29 is 9.90 Å². The van der Waals surface area contributed by atoms with E-state index in [-0.39, 0.29) is 0 Å². The van der Waals surface area contributed by atoms with Gasteiger partial charge in [0.2, 0.25) is 0 Å². The third-order valence-electron chi connectivity index (χ3n) is 1.51. The molecule has 5 heteroatoms. The second-order valence-electron chi connectivity index (χ2n) is 2.37. The van der Waals surface area contributed by atoms with E-state index in [9.17, 15) is 4.79 Å². The van der Waals surface area contributed by atoms with Crippen LogP contribution in [0.4, 0.5) is 16.2 Å². The quantitative estimate of drug-likeness (QED) is 0.363. The minimum absolute atomic E-state index is 0.400. The number of hydrogen-bond donors (Lipinski definition) is 3. The summed E-state index contributed by atoms with van der Waals surface area (Å²) in [4.78, 5) is 11.4. The second kappa shape index (κ2) is 3.57. The molecule has 1 aromatic carbocycles. The van der Waals surface area contributed by atoms with Gasteiger partial charge in [-0.25, -0.2) is 9.69 Å². The Bertz CT molecular complexity index is 321. The number of anilines is 2. The zero-order valence-electron chi connectivity index (χ0n) is 6.77. The lowest BCUT2D eigenvalue weighted by atomic mass is 10.3. The fourth-order valence-electron chi connectivity index (χ4n) is 0.875. The molecule has 5 nitrogen and oxygen atoms in total. The first kappa shape index (κ1) is 9.05. The van der Waals surface area contributed by atoms with E-state index in [1.807, 2.05) is 0 Å². The summed E-state index contributed by atoms with van der Waals surface area (Å²) < 4.78 is 0. The van der Waals surface area contributed by atoms with Gasteiger partial charge in [-0.2, -0.15) is 0 Å². The molecule has 68 valence electrons. The monoisotopic (exact) mass is 179 g/mol. The largest absolute Gasteiger partial charge is 0.464 e. The summed E-state index contributed by atoms with van der Waals surface area (Å²) in [5.74, 6) is 0. The van der Waals surface area contributed by atoms with Crippen molar-refractivity contribution in [3.05, 3.63) is 24.3 Å². The van der Waals surface area contributed by atoms with Crippen LogP contribution in [-0.2, 0) is 0 Å². The maximum absolute atomic E-state index is 10.6. The van der Waals surface area contributed by atoms with Gasteiger partial charge in [0, 0.05) is 5.69 Å². The van der Waals surface area contributed by atoms with Crippen LogP contribution in [0.2, 0.25) is 0 Å². The number of benzene rings is 1. The van der Waals surface area contributed by atoms with Crippen molar-refractivity contribution in [1.29, 1.82) is 5.41 Å². The second-order valence-corrected chi connectivity index (χ2v) is 2.37. The number of nitrogens with zero attached hydrogens (tertiary/aromatic N) is 1. The summed E-state index contributed by atoms with van der Waals surface area (Å²) in [5.41, 5.74) is 6.38. The zero-order valence-corrected chi connectivity index (χ0v) is 6.77. The summed E-state index contributed by atoms with van der Waals surface area (Å²) >= 11 is 0. The molecule has 0 spiro atoms. The smallest absolute Gasteiger partial charge is 0.417 e. The van der Waals surface area contributed by atoms with Crippen molar-refractivity contribution in [2.75, 3.05) is 10.6 Å². The van der Waals surface area contributed by atoms with Gasteiger partial charge < -0.3 is 10.8 Å². The van der Waals surface area contributed by atoms with E-state index in [0.29, 0.717) is 11.4 Å². The Kier molecular flexibility index (Phi) is 2.49. The highest BCUT2D eigenvalue weighted by atomic mass is 16.4. The van der Waals surface area contributed by atoms with Crippen LogP contribution in [0.25, 0.3) is 0 Å². The van der Waals surface area contributed by atoms with E-state index in [2.05, 4.69) is 0 Å². The maximum atomic E-state index is 10.6. The van der Waals surface area contributed by atoms with Crippen LogP contribution in [0.1, 0.15) is 0 Å². The van der Waals surface area contributed by atoms with Crippen LogP contribution in [0.15, 0.2) is 24.3 Å². The van der Waals surface area contributed by atoms with Gasteiger partial charge in [0.15, 0.2) is 0 Å². The highest BCUT2D eigenvalue weighted by Crippen LogP contribution is 2.14. The zero-order chi connectivity index (χ0) is 9.84. The van der Waals surface area contributed by atoms with E-state index in [4.69, 9.17) is 16.2 Å². The molecule has 0 saturated carbocycles. The van der Waals surface area contributed by atoms with Crippen LogP contribution in [-0.4, -0.2) is 17.5 Å². The Labute approximate surface area is 74.9 Å². The molecule has 0 aliphatic carbocycles. The van der Waals surface area contributed by atoms with Gasteiger partial charge in [-0.1, -0.05) is 0 Å². The molecule has 0 aromatic heterocycles. The van der Waals surface area contributed by atoms with Crippen LogP contribution >= 0.6 is 0 Å². The molecule has 0 radical (unpaired) electrons. The molecule has 0 fully saturated rings. The average Bonchev–Trinajstić information content (AvgIpc) is 2.09. The average molecular weight is 179 g/mol. The summed E-state index contributed by atoms with van der Waals surface area (Å²) in [6, 6.07) is 6.23. The Morgan fingerprint density at radius 3 is 2.38 bits per heavy atom. The van der Waals surface area contributed by atoms with Crippen molar-refractivity contribution in [1.82, 2.24) is 0 Å². The lowest BCUT2D eigenvalue weighted by molar-refractivity contribution is 0.205. The van der Waals surface area contributed by atoms with Crippen LogP contribution in [0.5, 0.6) is 0 Å². The maximum Gasteiger partial charge on any atom is 0.417 e. The van der Waals surface area contributed by atoms with Crippen molar-refractivity contribution in [3.63, 3.8) is 0 Å². The molecule has 0 heterocycles. The summed E-state index contributed by atoms with van der Waals surface area (Å²) in [6.45, 7) is 0. The Morgan fingerprint density at radius 2 is 2.00 bits per heavy atom. The number of carboxylic acid groups (broad SMARTS) is 1. The van der Waals surface area contributed by atoms with Gasteiger partial charge in [-0.05, 0) is 24.3 Å². The third-order valence-corrected chi connectivity index (χ3v) is 1.51. The molecular formula is C8H9N3O2. The van der Waals surface area contributed by atoms with Crippen molar-refractivity contribution in [3.8, 4) is 0 Å². The van der Waals surface area contributed by atoms with Gasteiger partial charge in [-0.3, -0.25) is 5.41 Å². The number of nitrogens with two attached hydrogens (primary N) is 1. The number of amides is 1. The molecule has 0 bridgehead atoms. The van der Waals surface area contributed by atoms with Crippen LogP contribution < -0.4 is 10.6 Å². The van der Waals surface area contributed by atoms with Crippen molar-refractivity contribution in [2.45, 2.75) is 0 Å². The van der Waals surface area contributed by atoms with Crippen LogP contribution in [0, 0.1) is 5.41 Å². The summed E-state index contributed by atoms with van der Waals surface area (Å²) in [7, 11) is 0. The van der Waals surface area contributed by atoms with E-state index >= 15 is 0 Å². The normalized spacial score (nSPS) is 9.23. The van der Waals surface area contributed by atoms with Crippen LogP contribution in [0.3, 0.4) is 0 Å². The molecule has 0 atom stereocenters. The Balaban J connectivity index is 2.99. The van der Waals surface area contributed by atoms with E-state index < -0.39 is 6.09 Å². The van der Waals surface area contributed by atoms with Gasteiger partial charge >= 0.3 is 6.09 Å². The van der Waals surface area contributed by atoms with E-state index in [1.165, 1.54) is 12.1 Å². The predicted molar refractivity (Wildman–Crippen MR) is 50.1 cm³/mol. The van der Waals surface area contributed by atoms with Crippen molar-refractivity contribution in [2.24, 2.45) is 0 Å². The first-order valence-corrected chi connectivity index (χ1v) is 3.53. The predicted octanol–water partition coefficient (Wildman–Crippen LogP) is 1.36. The number of nitrogens with one attached hydrogen (secondary N) is 1. The fraction of sp³-hybridized carbons (Fsp3) is 0. The van der Waals surface area contributed by atoms with Gasteiger partial charge in [0.05, 0.1) is 12.0 Å². The van der Waals surface area contributed by atoms with Gasteiger partial charge in [-0.15, -0.1) is 0 Å². The highest BCUT2D eigenvalue weighted by Gasteiger charge is 2.09. The molecular weight excluding hydrogens is 170 g/mol. The fourth-order valence-corrected chi connectivity index (χ4v) is 0.875. The van der Waals surface area contributed by atoms with E-state index in [0.717, 1.165) is 11.2 Å². The SMILES string of the molecule is N=CN(C(=O)O)c1ccc(N)cc1. The molecule has 1 rings (SSSR count). The molecule has 0 saturated heterocycles. The lowest BCUT2D eigenvalue weighted by Gasteiger charge is -2.12. The Morgan fingerprint density at radius 1 is 1.46 bits per heavy atom. The topological polar surface area (TPSA) is 90.4 Å². The third kappa shape index (κ3) is 1.96. The Hall–Kier alpha value is -2.04. The molecule has 0 unspecified atom stereocenters. The first-order chi connectivity index (χ1) is 6.15. The molecule has 1 amide bonds. The van der Waals surface area contributed by atoms with Crippen molar-refractivity contribution >= 4 is 23.8 Å². The molecule has 1 aromatic rings. The minimum atomic E-state index is -1.19. The summed E-state index contributed by atoms with van der Waals surface area (Å²) in [5, 5.41) is 15.5. The van der Waals surface area contributed by atoms with Gasteiger partial charge in [0.1, 0.15) is 0 Å². The molecule has 0 aliphatic heterocycles. The molecule has 0 aliphatic rings. The minimum Gasteiger partial charge on any atom is -0.464 e. The molecule has 4 N–H and O–H groups in total. The standard InChI is InChI=1S/C8H9N3O2/c9-5-11(8(12)13)7-3-1-6(10)2-4-7/h1-5,9H,10H2,(H,12,13). The number of nitrogen functional groups attached to an aromatic ring is 1. The number of carbonyl (C=O) groups is 1. The van der Waals surface area contributed by atoms with E-state index in [1.54, 1.807) is 12.1 Å². The number of rotatable bonds is 2. The summed E-state index contributed by atoms with van der Waals surface area (Å²) in [6.07, 6.45) is -0.465. The highest BCUT2D eigenvalue weighted by molar-refractivity contribution is 6.03. The molecule has 13 heavy (non-hydrogen) atoms. The lowest BCUT2D eigenvalue weighted by Crippen LogP contribution is -2.26.